The molecule has 4 rings (SSSR count). The molecule has 1 heterocycles. The number of ether oxygens (including phenoxy) is 2. The highest BCUT2D eigenvalue weighted by Gasteiger charge is 2.32. The number of para-hydroxylation sites is 2. The fourth-order valence-corrected chi connectivity index (χ4v) is 5.07. The Morgan fingerprint density at radius 3 is 2.31 bits per heavy atom. The van der Waals surface area contributed by atoms with Crippen LogP contribution in [0.2, 0.25) is 0 Å². The lowest BCUT2D eigenvalue weighted by molar-refractivity contribution is -0.114. The third kappa shape index (κ3) is 6.61. The van der Waals surface area contributed by atoms with E-state index in [0.717, 1.165) is 16.8 Å². The monoisotopic (exact) mass is 544 g/mol. The van der Waals surface area contributed by atoms with Crippen molar-refractivity contribution in [1.29, 1.82) is 0 Å². The largest absolute Gasteiger partial charge is 0.497 e. The molecule has 2 amide bonds. The number of methoxy groups -OCH3 is 2. The Kier molecular flexibility index (Phi) is 8.93. The van der Waals surface area contributed by atoms with Crippen LogP contribution in [-0.4, -0.2) is 37.0 Å². The van der Waals surface area contributed by atoms with Gasteiger partial charge in [-0.2, -0.15) is 0 Å². The van der Waals surface area contributed by atoms with E-state index in [0.29, 0.717) is 39.2 Å². The van der Waals surface area contributed by atoms with Gasteiger partial charge < -0.3 is 25.4 Å². The first-order chi connectivity index (χ1) is 18.8. The molecule has 0 bridgehead atoms. The number of amidine groups is 1. The Balaban J connectivity index is 1.61. The fourth-order valence-electron chi connectivity index (χ4n) is 4.33. The zero-order valence-corrected chi connectivity index (χ0v) is 23.4. The summed E-state index contributed by atoms with van der Waals surface area (Å²) in [6.07, 6.45) is 0. The minimum absolute atomic E-state index is 0.144. The molecule has 0 fully saturated rings. The zero-order valence-electron chi connectivity index (χ0n) is 22.6. The molecule has 8 nitrogen and oxygen atoms in total. The Morgan fingerprint density at radius 1 is 0.923 bits per heavy atom. The third-order valence-corrected chi connectivity index (χ3v) is 7.20. The number of nitrogens with one attached hydrogen (secondary N) is 3. The van der Waals surface area contributed by atoms with E-state index in [2.05, 4.69) is 16.0 Å². The van der Waals surface area contributed by atoms with Crippen molar-refractivity contribution in [2.75, 3.05) is 30.6 Å². The van der Waals surface area contributed by atoms with E-state index in [1.165, 1.54) is 11.8 Å². The number of aryl methyl sites for hydroxylation is 2. The number of carbonyl (C=O) groups is 2. The molecule has 1 aliphatic heterocycles. The van der Waals surface area contributed by atoms with Crippen LogP contribution in [0.25, 0.3) is 0 Å². The number of nitrogens with zero attached hydrogens (tertiary/aromatic N) is 1. The Bertz CT molecular complexity index is 1420. The van der Waals surface area contributed by atoms with E-state index in [1.807, 2.05) is 81.4 Å². The maximum absolute atomic E-state index is 13.5. The number of anilines is 2. The molecule has 0 unspecified atom stereocenters. The van der Waals surface area contributed by atoms with Crippen LogP contribution in [-0.2, 0) is 9.59 Å². The summed E-state index contributed by atoms with van der Waals surface area (Å²) in [5, 5.41) is 9.72. The van der Waals surface area contributed by atoms with Crippen molar-refractivity contribution < 1.29 is 19.1 Å². The number of amides is 2. The molecule has 9 heteroatoms. The summed E-state index contributed by atoms with van der Waals surface area (Å²) in [4.78, 5) is 31.2. The minimum Gasteiger partial charge on any atom is -0.497 e. The van der Waals surface area contributed by atoms with E-state index in [-0.39, 0.29) is 17.6 Å². The van der Waals surface area contributed by atoms with E-state index in [4.69, 9.17) is 14.5 Å². The molecule has 1 atom stereocenters. The van der Waals surface area contributed by atoms with Crippen molar-refractivity contribution in [1.82, 2.24) is 5.32 Å². The smallest absolute Gasteiger partial charge is 0.255 e. The molecule has 3 aromatic carbocycles. The molecule has 202 valence electrons. The SMILES string of the molecule is COc1ccc([C@@H]2N=C(SCC(=O)Nc3c(C)cccc3C)NC(C)=C2C(=O)Nc2ccccc2)c(OC)c1. The number of hydrogen-bond acceptors (Lipinski definition) is 7. The van der Waals surface area contributed by atoms with Gasteiger partial charge in [0.05, 0.1) is 25.5 Å². The van der Waals surface area contributed by atoms with Crippen LogP contribution >= 0.6 is 11.8 Å². The second kappa shape index (κ2) is 12.5. The quantitative estimate of drug-likeness (QED) is 0.341. The van der Waals surface area contributed by atoms with Crippen molar-refractivity contribution in [3.63, 3.8) is 0 Å². The van der Waals surface area contributed by atoms with Crippen LogP contribution in [0.1, 0.15) is 29.7 Å². The van der Waals surface area contributed by atoms with Gasteiger partial charge in [-0.15, -0.1) is 0 Å². The fraction of sp³-hybridized carbons (Fsp3) is 0.233. The third-order valence-electron chi connectivity index (χ3n) is 6.32. The van der Waals surface area contributed by atoms with Crippen molar-refractivity contribution in [3.8, 4) is 11.5 Å². The maximum atomic E-state index is 13.5. The average Bonchev–Trinajstić information content (AvgIpc) is 2.93. The van der Waals surface area contributed by atoms with E-state index in [1.54, 1.807) is 20.3 Å². The number of thioether (sulfide) groups is 1. The molecule has 39 heavy (non-hydrogen) atoms. The van der Waals surface area contributed by atoms with Gasteiger partial charge in [0.1, 0.15) is 17.5 Å². The summed E-state index contributed by atoms with van der Waals surface area (Å²) < 4.78 is 11.0. The van der Waals surface area contributed by atoms with Crippen molar-refractivity contribution in [2.24, 2.45) is 4.99 Å². The van der Waals surface area contributed by atoms with Crippen LogP contribution in [0.4, 0.5) is 11.4 Å². The number of allylic oxidation sites excluding steroid dienone is 1. The van der Waals surface area contributed by atoms with Crippen LogP contribution in [0.5, 0.6) is 11.5 Å². The molecule has 0 saturated carbocycles. The van der Waals surface area contributed by atoms with Gasteiger partial charge in [-0.1, -0.05) is 48.2 Å². The first-order valence-corrected chi connectivity index (χ1v) is 13.4. The lowest BCUT2D eigenvalue weighted by Gasteiger charge is -2.27. The first kappa shape index (κ1) is 27.8. The molecule has 0 spiro atoms. The molecule has 0 aromatic heterocycles. The Morgan fingerprint density at radius 2 is 1.64 bits per heavy atom. The number of carbonyl (C=O) groups excluding carboxylic acids is 2. The highest BCUT2D eigenvalue weighted by molar-refractivity contribution is 8.14. The summed E-state index contributed by atoms with van der Waals surface area (Å²) in [5.74, 6) is 0.886. The molecule has 3 N–H and O–H groups in total. The number of benzene rings is 3. The lowest BCUT2D eigenvalue weighted by Crippen LogP contribution is -2.33. The van der Waals surface area contributed by atoms with E-state index in [9.17, 15) is 9.59 Å². The number of aliphatic imine (C=N–C) groups is 1. The van der Waals surface area contributed by atoms with Crippen LogP contribution in [0.15, 0.2) is 83.0 Å². The van der Waals surface area contributed by atoms with E-state index >= 15 is 0 Å². The van der Waals surface area contributed by atoms with E-state index < -0.39 is 6.04 Å². The zero-order chi connectivity index (χ0) is 27.9. The summed E-state index contributed by atoms with van der Waals surface area (Å²) in [6, 6.07) is 19.9. The first-order valence-electron chi connectivity index (χ1n) is 12.4. The summed E-state index contributed by atoms with van der Waals surface area (Å²) in [7, 11) is 3.15. The van der Waals surface area contributed by atoms with Gasteiger partial charge in [0.2, 0.25) is 5.91 Å². The highest BCUT2D eigenvalue weighted by atomic mass is 32.2. The van der Waals surface area contributed by atoms with Gasteiger partial charge in [-0.05, 0) is 56.2 Å². The van der Waals surface area contributed by atoms with Gasteiger partial charge in [0, 0.05) is 28.7 Å². The normalized spacial score (nSPS) is 14.7. The van der Waals surface area contributed by atoms with Crippen LogP contribution in [0.3, 0.4) is 0 Å². The molecule has 0 saturated heterocycles. The summed E-state index contributed by atoms with van der Waals surface area (Å²) in [5.41, 5.74) is 5.29. The van der Waals surface area contributed by atoms with Gasteiger partial charge >= 0.3 is 0 Å². The lowest BCUT2D eigenvalue weighted by atomic mass is 9.95. The van der Waals surface area contributed by atoms with Crippen molar-refractivity contribution in [2.45, 2.75) is 26.8 Å². The molecule has 0 radical (unpaired) electrons. The number of rotatable bonds is 8. The molecule has 3 aromatic rings. The highest BCUT2D eigenvalue weighted by Crippen LogP contribution is 2.39. The topological polar surface area (TPSA) is 101 Å². The van der Waals surface area contributed by atoms with Gasteiger partial charge in [-0.3, -0.25) is 9.59 Å². The molecular formula is C30H32N4O4S. The number of hydrogen-bond donors (Lipinski definition) is 3. The van der Waals surface area contributed by atoms with Gasteiger partial charge in [0.15, 0.2) is 5.17 Å². The molecule has 0 aliphatic carbocycles. The van der Waals surface area contributed by atoms with Crippen LogP contribution in [0, 0.1) is 13.8 Å². The Labute approximate surface area is 232 Å². The molecular weight excluding hydrogens is 512 g/mol. The predicted octanol–water partition coefficient (Wildman–Crippen LogP) is 5.61. The molecule has 1 aliphatic rings. The Hall–Kier alpha value is -4.24. The van der Waals surface area contributed by atoms with Gasteiger partial charge in [-0.25, -0.2) is 4.99 Å². The second-order valence-corrected chi connectivity index (χ2v) is 10.00. The van der Waals surface area contributed by atoms with Crippen molar-refractivity contribution in [3.05, 3.63) is 94.7 Å². The standard InChI is InChI=1S/C30H32N4O4S/c1-18-10-9-11-19(2)27(18)33-25(35)17-39-30-31-20(3)26(29(36)32-21-12-7-6-8-13-21)28(34-30)23-15-14-22(37-4)16-24(23)38-5/h6-16,28H,17H2,1-5H3,(H,31,34)(H,32,36)(H,33,35)/t28-/m0/s1. The minimum atomic E-state index is -0.667. The van der Waals surface area contributed by atoms with Crippen LogP contribution < -0.4 is 25.4 Å². The summed E-state index contributed by atoms with van der Waals surface area (Å²) >= 11 is 1.27. The van der Waals surface area contributed by atoms with Crippen molar-refractivity contribution >= 4 is 40.1 Å². The van der Waals surface area contributed by atoms with Gasteiger partial charge in [0.25, 0.3) is 5.91 Å². The maximum Gasteiger partial charge on any atom is 0.255 e. The second-order valence-electron chi connectivity index (χ2n) is 9.03. The average molecular weight is 545 g/mol. The predicted molar refractivity (Wildman–Crippen MR) is 158 cm³/mol. The summed E-state index contributed by atoms with van der Waals surface area (Å²) in [6.45, 7) is 5.76.